The molecule has 6 heteroatoms. The molecule has 1 saturated heterocycles. The van der Waals surface area contributed by atoms with Gasteiger partial charge in [0.15, 0.2) is 0 Å². The van der Waals surface area contributed by atoms with Crippen LogP contribution in [0.2, 0.25) is 0 Å². The maximum atomic E-state index is 14.7. The highest BCUT2D eigenvalue weighted by molar-refractivity contribution is 9.10. The molecule has 5 nitrogen and oxygen atoms in total. The molecule has 0 radical (unpaired) electrons. The number of hydrogen-bond donors (Lipinski definition) is 0. The van der Waals surface area contributed by atoms with Gasteiger partial charge in [0.25, 0.3) is 0 Å². The van der Waals surface area contributed by atoms with Gasteiger partial charge in [0.1, 0.15) is 0 Å². The maximum absolute atomic E-state index is 14.7. The third-order valence-electron chi connectivity index (χ3n) is 7.88. The third-order valence-corrected chi connectivity index (χ3v) is 8.37. The van der Waals surface area contributed by atoms with E-state index in [1.165, 1.54) is 4.90 Å². The molecule has 0 aromatic heterocycles. The van der Waals surface area contributed by atoms with Gasteiger partial charge in [0, 0.05) is 16.6 Å². The number of rotatable bonds is 7. The van der Waals surface area contributed by atoms with Crippen LogP contribution in [0.25, 0.3) is 0 Å². The van der Waals surface area contributed by atoms with Gasteiger partial charge < -0.3 is 4.90 Å². The molecule has 2 aliphatic rings. The monoisotopic (exact) mass is 578 g/mol. The van der Waals surface area contributed by atoms with Crippen molar-refractivity contribution in [2.75, 3.05) is 4.90 Å². The Morgan fingerprint density at radius 1 is 0.692 bits per heavy atom. The van der Waals surface area contributed by atoms with E-state index in [2.05, 4.69) is 15.9 Å². The number of para-hydroxylation sites is 1. The lowest BCUT2D eigenvalue weighted by atomic mass is 9.66. The Hall–Kier alpha value is -4.03. The third kappa shape index (κ3) is 4.49. The number of amides is 3. The Morgan fingerprint density at radius 3 is 1.95 bits per heavy atom. The van der Waals surface area contributed by atoms with Crippen molar-refractivity contribution in [3.8, 4) is 0 Å². The topological polar surface area (TPSA) is 57.7 Å². The van der Waals surface area contributed by atoms with Crippen LogP contribution in [0.1, 0.15) is 28.7 Å². The van der Waals surface area contributed by atoms with Gasteiger partial charge in [-0.1, -0.05) is 107 Å². The van der Waals surface area contributed by atoms with E-state index in [4.69, 9.17) is 0 Å². The number of anilines is 1. The molecule has 6 rings (SSSR count). The molecule has 1 fully saturated rings. The van der Waals surface area contributed by atoms with Gasteiger partial charge in [0.2, 0.25) is 17.7 Å². The van der Waals surface area contributed by atoms with Crippen molar-refractivity contribution in [1.29, 1.82) is 0 Å². The van der Waals surface area contributed by atoms with Crippen LogP contribution in [0.5, 0.6) is 0 Å². The zero-order valence-electron chi connectivity index (χ0n) is 21.3. The number of halogens is 1. The zero-order valence-corrected chi connectivity index (χ0v) is 22.9. The van der Waals surface area contributed by atoms with E-state index in [-0.39, 0.29) is 30.7 Å². The number of imide groups is 1. The second-order valence-electron chi connectivity index (χ2n) is 10.2. The zero-order chi connectivity index (χ0) is 27.0. The molecule has 2 atom stereocenters. The molecule has 39 heavy (non-hydrogen) atoms. The summed E-state index contributed by atoms with van der Waals surface area (Å²) in [5.74, 6) is -1.47. The molecule has 0 spiro atoms. The van der Waals surface area contributed by atoms with Crippen LogP contribution in [0.15, 0.2) is 114 Å². The second kappa shape index (κ2) is 10.3. The smallest absolute Gasteiger partial charge is 0.239 e. The fraction of sp³-hybridized carbons (Fsp3) is 0.182. The van der Waals surface area contributed by atoms with Crippen LogP contribution < -0.4 is 4.90 Å². The Bertz CT molecular complexity index is 1560. The Labute approximate surface area is 236 Å². The molecule has 0 N–H and O–H groups in total. The highest BCUT2D eigenvalue weighted by atomic mass is 79.9. The quantitative estimate of drug-likeness (QED) is 0.251. The molecule has 0 saturated carbocycles. The molecule has 0 bridgehead atoms. The summed E-state index contributed by atoms with van der Waals surface area (Å²) < 4.78 is 0.898. The first-order valence-corrected chi connectivity index (χ1v) is 13.8. The summed E-state index contributed by atoms with van der Waals surface area (Å²) >= 11 is 3.56. The molecule has 3 amide bonds. The standard InChI is InChI=1S/C33H27BrN2O3/c34-26-15-9-14-25(18-26)20-33(28-19-30(37)36(31(28)38)22-24-12-5-2-6-13-24)27-16-7-8-17-29(27)35(32(33)39)21-23-10-3-1-4-11-23/h1-18,28H,19-22H2/t28-,33+/m0/s1. The molecule has 0 unspecified atom stereocenters. The van der Waals surface area contributed by atoms with Crippen molar-refractivity contribution in [2.24, 2.45) is 5.92 Å². The average Bonchev–Trinajstić information content (AvgIpc) is 3.36. The van der Waals surface area contributed by atoms with Gasteiger partial charge in [-0.25, -0.2) is 0 Å². The van der Waals surface area contributed by atoms with Gasteiger partial charge in [0.05, 0.1) is 24.4 Å². The van der Waals surface area contributed by atoms with E-state index in [1.807, 2.05) is 109 Å². The Morgan fingerprint density at radius 2 is 1.28 bits per heavy atom. The van der Waals surface area contributed by atoms with Crippen molar-refractivity contribution in [3.05, 3.63) is 136 Å². The lowest BCUT2D eigenvalue weighted by Crippen LogP contribution is -2.49. The fourth-order valence-corrected chi connectivity index (χ4v) is 6.52. The summed E-state index contributed by atoms with van der Waals surface area (Å²) in [5, 5.41) is 0. The highest BCUT2D eigenvalue weighted by Gasteiger charge is 2.61. The lowest BCUT2D eigenvalue weighted by molar-refractivity contribution is -0.142. The molecule has 4 aromatic carbocycles. The maximum Gasteiger partial charge on any atom is 0.239 e. The lowest BCUT2D eigenvalue weighted by Gasteiger charge is -2.33. The van der Waals surface area contributed by atoms with Gasteiger partial charge in [-0.05, 0) is 46.9 Å². The molecule has 194 valence electrons. The predicted octanol–water partition coefficient (Wildman–Crippen LogP) is 6.05. The van der Waals surface area contributed by atoms with Crippen molar-refractivity contribution in [3.63, 3.8) is 0 Å². The normalized spacial score (nSPS) is 20.5. The molecule has 0 aliphatic carbocycles. The minimum atomic E-state index is -1.20. The minimum Gasteiger partial charge on any atom is -0.307 e. The number of carbonyl (C=O) groups is 3. The predicted molar refractivity (Wildman–Crippen MR) is 154 cm³/mol. The molecule has 2 aliphatic heterocycles. The van der Waals surface area contributed by atoms with Crippen LogP contribution in [0, 0.1) is 5.92 Å². The molecule has 2 heterocycles. The average molecular weight is 579 g/mol. The van der Waals surface area contributed by atoms with E-state index in [9.17, 15) is 14.4 Å². The van der Waals surface area contributed by atoms with Crippen LogP contribution >= 0.6 is 15.9 Å². The van der Waals surface area contributed by atoms with E-state index in [0.29, 0.717) is 13.0 Å². The first kappa shape index (κ1) is 25.3. The highest BCUT2D eigenvalue weighted by Crippen LogP contribution is 2.52. The minimum absolute atomic E-state index is 0.00107. The van der Waals surface area contributed by atoms with E-state index < -0.39 is 11.3 Å². The second-order valence-corrected chi connectivity index (χ2v) is 11.1. The van der Waals surface area contributed by atoms with Crippen LogP contribution in [-0.2, 0) is 39.3 Å². The molecular formula is C33H27BrN2O3. The molecular weight excluding hydrogens is 552 g/mol. The van der Waals surface area contributed by atoms with Crippen LogP contribution in [0.3, 0.4) is 0 Å². The Balaban J connectivity index is 1.46. The SMILES string of the molecule is O=C1C[C@H]([C@]2(Cc3cccc(Br)c3)C(=O)N(Cc3ccccc3)c3ccccc32)C(=O)N1Cc1ccccc1. The fourth-order valence-electron chi connectivity index (χ4n) is 6.07. The van der Waals surface area contributed by atoms with Crippen LogP contribution in [-0.4, -0.2) is 22.6 Å². The summed E-state index contributed by atoms with van der Waals surface area (Å²) in [5.41, 5.74) is 3.20. The largest absolute Gasteiger partial charge is 0.307 e. The number of fused-ring (bicyclic) bond motifs is 1. The molecule has 4 aromatic rings. The van der Waals surface area contributed by atoms with Crippen molar-refractivity contribution in [1.82, 2.24) is 4.90 Å². The summed E-state index contributed by atoms with van der Waals surface area (Å²) in [4.78, 5) is 45.3. The Kier molecular flexibility index (Phi) is 6.65. The first-order chi connectivity index (χ1) is 19.0. The van der Waals surface area contributed by atoms with Crippen LogP contribution in [0.4, 0.5) is 5.69 Å². The van der Waals surface area contributed by atoms with E-state index in [1.54, 1.807) is 4.90 Å². The number of hydrogen-bond acceptors (Lipinski definition) is 3. The van der Waals surface area contributed by atoms with Gasteiger partial charge >= 0.3 is 0 Å². The number of nitrogens with zero attached hydrogens (tertiary/aromatic N) is 2. The number of carbonyl (C=O) groups excluding carboxylic acids is 3. The van der Waals surface area contributed by atoms with Gasteiger partial charge in [-0.3, -0.25) is 19.3 Å². The van der Waals surface area contributed by atoms with E-state index >= 15 is 0 Å². The van der Waals surface area contributed by atoms with Crippen molar-refractivity contribution >= 4 is 39.3 Å². The summed E-state index contributed by atoms with van der Waals surface area (Å²) in [6.45, 7) is 0.588. The van der Waals surface area contributed by atoms with Crippen molar-refractivity contribution < 1.29 is 14.4 Å². The van der Waals surface area contributed by atoms with Gasteiger partial charge in [-0.2, -0.15) is 0 Å². The first-order valence-electron chi connectivity index (χ1n) is 13.1. The number of benzene rings is 4. The summed E-state index contributed by atoms with van der Waals surface area (Å²) in [6.07, 6.45) is 0.315. The summed E-state index contributed by atoms with van der Waals surface area (Å²) in [7, 11) is 0. The number of likely N-dealkylation sites (tertiary alicyclic amines) is 1. The summed E-state index contributed by atoms with van der Waals surface area (Å²) in [6, 6.07) is 34.9. The van der Waals surface area contributed by atoms with E-state index in [0.717, 1.165) is 32.4 Å². The van der Waals surface area contributed by atoms with Gasteiger partial charge in [-0.15, -0.1) is 0 Å². The van der Waals surface area contributed by atoms with Crippen molar-refractivity contribution in [2.45, 2.75) is 31.3 Å².